The molecule has 0 unspecified atom stereocenters. The molecule has 2 amide bonds. The molecule has 0 bridgehead atoms. The normalized spacial score (nSPS) is 20.3. The van der Waals surface area contributed by atoms with Crippen molar-refractivity contribution in [2.75, 3.05) is 25.5 Å². The molecule has 1 N–H and O–H groups in total. The van der Waals surface area contributed by atoms with Gasteiger partial charge in [-0.25, -0.2) is 28.8 Å². The molecule has 1 saturated heterocycles. The van der Waals surface area contributed by atoms with Crippen molar-refractivity contribution in [3.63, 3.8) is 0 Å². The number of halogens is 1. The van der Waals surface area contributed by atoms with Crippen molar-refractivity contribution in [2.24, 2.45) is 0 Å². The van der Waals surface area contributed by atoms with Crippen LogP contribution in [0.3, 0.4) is 0 Å². The van der Waals surface area contributed by atoms with Crippen LogP contribution in [0.2, 0.25) is 0 Å². The third-order valence-corrected chi connectivity index (χ3v) is 4.67. The quantitative estimate of drug-likeness (QED) is 0.838. The van der Waals surface area contributed by atoms with Crippen LogP contribution in [0, 0.1) is 0 Å². The molecule has 3 heterocycles. The predicted octanol–water partition coefficient (Wildman–Crippen LogP) is 1.90. The van der Waals surface area contributed by atoms with Gasteiger partial charge in [0.15, 0.2) is 0 Å². The zero-order valence-electron chi connectivity index (χ0n) is 16.7. The summed E-state index contributed by atoms with van der Waals surface area (Å²) in [5.74, 6) is 0.890. The maximum atomic E-state index is 14.0. The van der Waals surface area contributed by atoms with Crippen molar-refractivity contribution in [1.82, 2.24) is 34.5 Å². The number of anilines is 1. The van der Waals surface area contributed by atoms with Crippen molar-refractivity contribution in [2.45, 2.75) is 51.5 Å². The first-order valence-corrected chi connectivity index (χ1v) is 9.30. The molecule has 2 atom stereocenters. The summed E-state index contributed by atoms with van der Waals surface area (Å²) < 4.78 is 15.7. The Morgan fingerprint density at radius 2 is 2.04 bits per heavy atom. The summed E-state index contributed by atoms with van der Waals surface area (Å²) in [7, 11) is 1.68. The Labute approximate surface area is 164 Å². The lowest BCUT2D eigenvalue weighted by atomic mass is 10.1. The fourth-order valence-electron chi connectivity index (χ4n) is 3.13. The highest BCUT2D eigenvalue weighted by molar-refractivity contribution is 5.87. The second kappa shape index (κ2) is 8.17. The van der Waals surface area contributed by atoms with E-state index in [9.17, 15) is 9.18 Å². The minimum absolute atomic E-state index is 0.102. The molecule has 0 aliphatic carbocycles. The maximum absolute atomic E-state index is 14.0. The van der Waals surface area contributed by atoms with Crippen molar-refractivity contribution in [3.05, 3.63) is 30.6 Å². The van der Waals surface area contributed by atoms with Crippen molar-refractivity contribution < 1.29 is 9.18 Å². The van der Waals surface area contributed by atoms with Gasteiger partial charge in [-0.15, -0.1) is 5.10 Å². The molecule has 28 heavy (non-hydrogen) atoms. The average molecular weight is 390 g/mol. The summed E-state index contributed by atoms with van der Waals surface area (Å²) in [6.45, 7) is 7.15. The van der Waals surface area contributed by atoms with Crippen molar-refractivity contribution >= 4 is 12.0 Å². The molecule has 2 aromatic rings. The van der Waals surface area contributed by atoms with Gasteiger partial charge in [0.25, 0.3) is 0 Å². The standard InChI is InChI=1S/C18H27FN8O/c1-18(2,3)27-12-22-16(24-27)23-17(28)25(4)10-14-8-13(19)9-26(14)11-15-20-6-5-7-21-15/h5-7,12-14H,8-11H2,1-4H3,(H,23,24,28)/t13-,14-/m0/s1. The number of hydrogen-bond donors (Lipinski definition) is 1. The summed E-state index contributed by atoms with van der Waals surface area (Å²) in [6.07, 6.45) is 4.38. The van der Waals surface area contributed by atoms with Gasteiger partial charge in [0.2, 0.25) is 5.95 Å². The Kier molecular flexibility index (Phi) is 5.87. The number of amides is 2. The average Bonchev–Trinajstić information content (AvgIpc) is 3.22. The number of carbonyl (C=O) groups is 1. The predicted molar refractivity (Wildman–Crippen MR) is 102 cm³/mol. The van der Waals surface area contributed by atoms with Crippen molar-refractivity contribution in [1.29, 1.82) is 0 Å². The van der Waals surface area contributed by atoms with Gasteiger partial charge in [-0.2, -0.15) is 0 Å². The van der Waals surface area contributed by atoms with Gasteiger partial charge >= 0.3 is 6.03 Å². The van der Waals surface area contributed by atoms with Gasteiger partial charge in [0.05, 0.1) is 12.1 Å². The van der Waals surface area contributed by atoms with E-state index >= 15 is 0 Å². The number of carbonyl (C=O) groups excluding carboxylic acids is 1. The van der Waals surface area contributed by atoms with Crippen molar-refractivity contribution in [3.8, 4) is 0 Å². The molecular formula is C18H27FN8O. The Morgan fingerprint density at radius 3 is 2.68 bits per heavy atom. The molecule has 0 saturated carbocycles. The number of hydrogen-bond acceptors (Lipinski definition) is 6. The molecule has 152 valence electrons. The zero-order valence-corrected chi connectivity index (χ0v) is 16.7. The van der Waals surface area contributed by atoms with E-state index in [0.717, 1.165) is 0 Å². The van der Waals surface area contributed by atoms with Gasteiger partial charge in [0.1, 0.15) is 18.3 Å². The fraction of sp³-hybridized carbons (Fsp3) is 0.611. The summed E-state index contributed by atoms with van der Waals surface area (Å²) in [5.41, 5.74) is -0.220. The summed E-state index contributed by atoms with van der Waals surface area (Å²) in [5, 5.41) is 6.97. The van der Waals surface area contributed by atoms with Gasteiger partial charge in [-0.1, -0.05) is 0 Å². The third kappa shape index (κ3) is 5.00. The van der Waals surface area contributed by atoms with E-state index < -0.39 is 6.17 Å². The Morgan fingerprint density at radius 1 is 1.32 bits per heavy atom. The van der Waals surface area contributed by atoms with Crippen LogP contribution in [0.4, 0.5) is 15.1 Å². The molecule has 9 nitrogen and oxygen atoms in total. The monoisotopic (exact) mass is 390 g/mol. The van der Waals surface area contributed by atoms with Crippen LogP contribution in [-0.2, 0) is 12.1 Å². The van der Waals surface area contributed by atoms with Gasteiger partial charge in [-0.05, 0) is 33.3 Å². The molecule has 0 spiro atoms. The molecule has 1 aliphatic rings. The highest BCUT2D eigenvalue weighted by Gasteiger charge is 2.34. The van der Waals surface area contributed by atoms with E-state index in [0.29, 0.717) is 31.9 Å². The third-order valence-electron chi connectivity index (χ3n) is 4.67. The van der Waals surface area contributed by atoms with Gasteiger partial charge in [-0.3, -0.25) is 10.2 Å². The van der Waals surface area contributed by atoms with E-state index in [1.807, 2.05) is 25.7 Å². The topological polar surface area (TPSA) is 92.1 Å². The summed E-state index contributed by atoms with van der Waals surface area (Å²) >= 11 is 0. The number of nitrogens with zero attached hydrogens (tertiary/aromatic N) is 7. The second-order valence-corrected chi connectivity index (χ2v) is 8.08. The van der Waals surface area contributed by atoms with Crippen LogP contribution >= 0.6 is 0 Å². The molecule has 0 radical (unpaired) electrons. The SMILES string of the molecule is CN(C[C@@H]1C[C@H](F)CN1Cc1ncccn1)C(=O)Nc1ncn(C(C)(C)C)n1. The number of likely N-dealkylation sites (N-methyl/N-ethyl adjacent to an activating group) is 1. The first kappa shape index (κ1) is 20.1. The lowest BCUT2D eigenvalue weighted by Crippen LogP contribution is -2.42. The highest BCUT2D eigenvalue weighted by atomic mass is 19.1. The second-order valence-electron chi connectivity index (χ2n) is 8.08. The van der Waals surface area contributed by atoms with E-state index in [1.165, 1.54) is 4.90 Å². The minimum atomic E-state index is -0.922. The minimum Gasteiger partial charge on any atom is -0.326 e. The first-order chi connectivity index (χ1) is 13.2. The summed E-state index contributed by atoms with van der Waals surface area (Å²) in [6, 6.07) is 1.32. The highest BCUT2D eigenvalue weighted by Crippen LogP contribution is 2.22. The molecule has 1 aliphatic heterocycles. The van der Waals surface area contributed by atoms with Gasteiger partial charge < -0.3 is 4.90 Å². The zero-order chi connectivity index (χ0) is 20.3. The van der Waals surface area contributed by atoms with Crippen LogP contribution in [0.25, 0.3) is 0 Å². The molecule has 3 rings (SSSR count). The van der Waals surface area contributed by atoms with E-state index in [4.69, 9.17) is 0 Å². The van der Waals surface area contributed by atoms with E-state index in [1.54, 1.807) is 36.5 Å². The van der Waals surface area contributed by atoms with Gasteiger partial charge in [0, 0.05) is 38.6 Å². The Balaban J connectivity index is 1.58. The number of rotatable bonds is 5. The van der Waals surface area contributed by atoms with Crippen LogP contribution < -0.4 is 5.32 Å². The molecule has 2 aromatic heterocycles. The Hall–Kier alpha value is -2.62. The number of urea groups is 1. The largest absolute Gasteiger partial charge is 0.326 e. The van der Waals surface area contributed by atoms with E-state index in [2.05, 4.69) is 25.4 Å². The first-order valence-electron chi connectivity index (χ1n) is 9.30. The molecule has 1 fully saturated rings. The van der Waals surface area contributed by atoms with Crippen LogP contribution in [0.5, 0.6) is 0 Å². The number of nitrogens with one attached hydrogen (secondary N) is 1. The number of alkyl halides is 1. The lowest BCUT2D eigenvalue weighted by Gasteiger charge is -2.27. The smallest absolute Gasteiger partial charge is 0.324 e. The molecular weight excluding hydrogens is 363 g/mol. The Bertz CT molecular complexity index is 790. The van der Waals surface area contributed by atoms with Crippen LogP contribution in [0.15, 0.2) is 24.8 Å². The number of likely N-dealkylation sites (tertiary alicyclic amines) is 1. The lowest BCUT2D eigenvalue weighted by molar-refractivity contribution is 0.180. The van der Waals surface area contributed by atoms with Crippen LogP contribution in [0.1, 0.15) is 33.0 Å². The molecule has 10 heteroatoms. The number of aromatic nitrogens is 5. The van der Waals surface area contributed by atoms with Crippen LogP contribution in [-0.4, -0.2) is 72.9 Å². The summed E-state index contributed by atoms with van der Waals surface area (Å²) in [4.78, 5) is 28.5. The van der Waals surface area contributed by atoms with E-state index in [-0.39, 0.29) is 23.6 Å². The maximum Gasteiger partial charge on any atom is 0.324 e. The molecule has 0 aromatic carbocycles. The fourth-order valence-corrected chi connectivity index (χ4v) is 3.13.